The van der Waals surface area contributed by atoms with Gasteiger partial charge in [-0.1, -0.05) is 48.7 Å². The highest BCUT2D eigenvalue weighted by atomic mass is 35.5. The van der Waals surface area contributed by atoms with Gasteiger partial charge in [0.25, 0.3) is 0 Å². The lowest BCUT2D eigenvalue weighted by molar-refractivity contribution is -0.142. The van der Waals surface area contributed by atoms with Crippen LogP contribution in [0.5, 0.6) is 0 Å². The topological polar surface area (TPSA) is 72.5 Å². The maximum atomic E-state index is 12.8. The molecule has 0 radical (unpaired) electrons. The molecule has 1 N–H and O–H groups in total. The second-order valence-corrected chi connectivity index (χ2v) is 9.88. The summed E-state index contributed by atoms with van der Waals surface area (Å²) in [6.45, 7) is 2.18. The fraction of sp³-hybridized carbons (Fsp3) is 0.435. The Balaban J connectivity index is 1.65. The predicted octanol–water partition coefficient (Wildman–Crippen LogP) is 4.53. The van der Waals surface area contributed by atoms with Gasteiger partial charge in [0.15, 0.2) is 0 Å². The van der Waals surface area contributed by atoms with Crippen molar-refractivity contribution in [2.45, 2.75) is 56.4 Å². The Morgan fingerprint density at radius 1 is 1.03 bits per heavy atom. The van der Waals surface area contributed by atoms with E-state index in [1.165, 1.54) is 12.1 Å². The molecule has 0 aromatic heterocycles. The van der Waals surface area contributed by atoms with Crippen molar-refractivity contribution in [1.82, 2.24) is 4.72 Å². The normalized spacial score (nSPS) is 19.4. The molecule has 30 heavy (non-hydrogen) atoms. The molecule has 0 amide bonds. The van der Waals surface area contributed by atoms with Crippen LogP contribution in [0.25, 0.3) is 0 Å². The molecule has 0 heterocycles. The van der Waals surface area contributed by atoms with Crippen molar-refractivity contribution in [2.75, 3.05) is 6.61 Å². The number of ether oxygens (including phenoxy) is 1. The summed E-state index contributed by atoms with van der Waals surface area (Å²) in [6, 6.07) is 14.1. The zero-order valence-corrected chi connectivity index (χ0v) is 18.7. The lowest BCUT2D eigenvalue weighted by Gasteiger charge is -2.32. The van der Waals surface area contributed by atoms with Crippen LogP contribution in [0.3, 0.4) is 0 Å². The van der Waals surface area contributed by atoms with Crippen molar-refractivity contribution < 1.29 is 17.9 Å². The second-order valence-electron chi connectivity index (χ2n) is 7.73. The summed E-state index contributed by atoms with van der Waals surface area (Å²) in [5.41, 5.74) is 2.06. The van der Waals surface area contributed by atoms with Crippen molar-refractivity contribution in [1.29, 1.82) is 0 Å². The van der Waals surface area contributed by atoms with E-state index in [0.717, 1.165) is 43.2 Å². The summed E-state index contributed by atoms with van der Waals surface area (Å²) in [4.78, 5) is 11.9. The minimum absolute atomic E-state index is 0.0985. The van der Waals surface area contributed by atoms with E-state index in [1.807, 2.05) is 24.3 Å². The van der Waals surface area contributed by atoms with E-state index >= 15 is 0 Å². The first kappa shape index (κ1) is 22.8. The van der Waals surface area contributed by atoms with Crippen LogP contribution in [0.15, 0.2) is 53.4 Å². The molecule has 2 aromatic rings. The van der Waals surface area contributed by atoms with Crippen LogP contribution in [0, 0.1) is 5.92 Å². The van der Waals surface area contributed by atoms with E-state index in [4.69, 9.17) is 16.3 Å². The molecule has 1 fully saturated rings. The number of esters is 1. The SMILES string of the molecule is CCOC(=O)Cc1ccc(CC2CCCCC2NS(=O)(=O)c2ccc(Cl)cc2)cc1. The summed E-state index contributed by atoms with van der Waals surface area (Å²) in [5.74, 6) is 0.00549. The van der Waals surface area contributed by atoms with Gasteiger partial charge >= 0.3 is 5.97 Å². The Bertz CT molecular complexity index is 942. The maximum absolute atomic E-state index is 12.8. The van der Waals surface area contributed by atoms with Crippen molar-refractivity contribution in [3.05, 3.63) is 64.7 Å². The molecular weight excluding hydrogens is 422 g/mol. The Kier molecular flexibility index (Phi) is 7.92. The van der Waals surface area contributed by atoms with Gasteiger partial charge in [0.05, 0.1) is 17.9 Å². The van der Waals surface area contributed by atoms with E-state index in [9.17, 15) is 13.2 Å². The van der Waals surface area contributed by atoms with Gasteiger partial charge in [0, 0.05) is 11.1 Å². The molecule has 0 aliphatic heterocycles. The van der Waals surface area contributed by atoms with Gasteiger partial charge in [0.2, 0.25) is 10.0 Å². The molecule has 1 aliphatic carbocycles. The number of carbonyl (C=O) groups excluding carboxylic acids is 1. The number of halogens is 1. The molecule has 2 unspecified atom stereocenters. The third-order valence-electron chi connectivity index (χ3n) is 5.51. The van der Waals surface area contributed by atoms with Crippen LogP contribution in [-0.2, 0) is 32.4 Å². The van der Waals surface area contributed by atoms with Crippen LogP contribution < -0.4 is 4.72 Å². The van der Waals surface area contributed by atoms with Crippen molar-refractivity contribution in [3.63, 3.8) is 0 Å². The Morgan fingerprint density at radius 2 is 1.67 bits per heavy atom. The lowest BCUT2D eigenvalue weighted by atomic mass is 9.81. The number of hydrogen-bond donors (Lipinski definition) is 1. The molecule has 1 aliphatic rings. The fourth-order valence-corrected chi connectivity index (χ4v) is 5.43. The number of hydrogen-bond acceptors (Lipinski definition) is 4. The fourth-order valence-electron chi connectivity index (χ4n) is 3.96. The number of benzene rings is 2. The smallest absolute Gasteiger partial charge is 0.310 e. The summed E-state index contributed by atoms with van der Waals surface area (Å²) < 4.78 is 33.5. The Hall–Kier alpha value is -1.89. The third-order valence-corrected chi connectivity index (χ3v) is 7.27. The van der Waals surface area contributed by atoms with Crippen molar-refractivity contribution in [2.24, 2.45) is 5.92 Å². The zero-order valence-electron chi connectivity index (χ0n) is 17.1. The highest BCUT2D eigenvalue weighted by Gasteiger charge is 2.29. The lowest BCUT2D eigenvalue weighted by Crippen LogP contribution is -2.42. The molecule has 0 saturated heterocycles. The third kappa shape index (κ3) is 6.30. The number of sulfonamides is 1. The van der Waals surface area contributed by atoms with Crippen LogP contribution in [-0.4, -0.2) is 27.0 Å². The maximum Gasteiger partial charge on any atom is 0.310 e. The summed E-state index contributed by atoms with van der Waals surface area (Å²) in [6.07, 6.45) is 5.00. The van der Waals surface area contributed by atoms with Crippen LogP contribution in [0.2, 0.25) is 5.02 Å². The highest BCUT2D eigenvalue weighted by molar-refractivity contribution is 7.89. The van der Waals surface area contributed by atoms with Gasteiger partial charge in [-0.05, 0) is 67.5 Å². The molecule has 2 atom stereocenters. The largest absolute Gasteiger partial charge is 0.466 e. The standard InChI is InChI=1S/C23H28ClNO4S/c1-2-29-23(26)16-18-9-7-17(8-10-18)15-19-5-3-4-6-22(19)25-30(27,28)21-13-11-20(24)12-14-21/h7-14,19,22,25H,2-6,15-16H2,1H3. The summed E-state index contributed by atoms with van der Waals surface area (Å²) in [7, 11) is -3.59. The Morgan fingerprint density at radius 3 is 2.33 bits per heavy atom. The molecule has 7 heteroatoms. The van der Waals surface area contributed by atoms with Crippen LogP contribution >= 0.6 is 11.6 Å². The van der Waals surface area contributed by atoms with Gasteiger partial charge in [-0.25, -0.2) is 13.1 Å². The molecule has 0 spiro atoms. The quantitative estimate of drug-likeness (QED) is 0.601. The molecule has 1 saturated carbocycles. The number of carbonyl (C=O) groups is 1. The van der Waals surface area contributed by atoms with E-state index in [-0.39, 0.29) is 29.2 Å². The molecular formula is C23H28ClNO4S. The highest BCUT2D eigenvalue weighted by Crippen LogP contribution is 2.29. The van der Waals surface area contributed by atoms with E-state index in [2.05, 4.69) is 4.72 Å². The van der Waals surface area contributed by atoms with Gasteiger partial charge in [-0.3, -0.25) is 4.79 Å². The molecule has 3 rings (SSSR count). The molecule has 5 nitrogen and oxygen atoms in total. The van der Waals surface area contributed by atoms with Crippen LogP contribution in [0.4, 0.5) is 0 Å². The van der Waals surface area contributed by atoms with E-state index < -0.39 is 10.0 Å². The van der Waals surface area contributed by atoms with Gasteiger partial charge in [-0.2, -0.15) is 0 Å². The minimum atomic E-state index is -3.59. The van der Waals surface area contributed by atoms with Crippen molar-refractivity contribution in [3.8, 4) is 0 Å². The van der Waals surface area contributed by atoms with E-state index in [1.54, 1.807) is 19.1 Å². The number of nitrogens with one attached hydrogen (secondary N) is 1. The predicted molar refractivity (Wildman–Crippen MR) is 118 cm³/mol. The van der Waals surface area contributed by atoms with E-state index in [0.29, 0.717) is 11.6 Å². The average molecular weight is 450 g/mol. The first-order valence-electron chi connectivity index (χ1n) is 10.4. The van der Waals surface area contributed by atoms with Gasteiger partial charge in [0.1, 0.15) is 0 Å². The monoisotopic (exact) mass is 449 g/mol. The Labute approximate surface area is 183 Å². The zero-order chi connectivity index (χ0) is 21.6. The molecule has 162 valence electrons. The number of rotatable bonds is 8. The first-order chi connectivity index (χ1) is 14.4. The van der Waals surface area contributed by atoms with Crippen molar-refractivity contribution >= 4 is 27.6 Å². The minimum Gasteiger partial charge on any atom is -0.466 e. The first-order valence-corrected chi connectivity index (χ1v) is 12.2. The second kappa shape index (κ2) is 10.4. The molecule has 2 aromatic carbocycles. The van der Waals surface area contributed by atoms with Gasteiger partial charge in [-0.15, -0.1) is 0 Å². The molecule has 0 bridgehead atoms. The van der Waals surface area contributed by atoms with Gasteiger partial charge < -0.3 is 4.74 Å². The van der Waals surface area contributed by atoms with Crippen LogP contribution in [0.1, 0.15) is 43.7 Å². The summed E-state index contributed by atoms with van der Waals surface area (Å²) >= 11 is 5.88. The summed E-state index contributed by atoms with van der Waals surface area (Å²) in [5, 5.41) is 0.510. The average Bonchev–Trinajstić information content (AvgIpc) is 2.71.